The summed E-state index contributed by atoms with van der Waals surface area (Å²) in [6.45, 7) is 6.99. The number of carbonyl (C=O) groups is 1. The van der Waals surface area contributed by atoms with Crippen molar-refractivity contribution < 1.29 is 9.53 Å². The molecule has 0 saturated carbocycles. The molecule has 1 aliphatic rings. The lowest BCUT2D eigenvalue weighted by Gasteiger charge is -2.26. The summed E-state index contributed by atoms with van der Waals surface area (Å²) in [6.07, 6.45) is 2.45. The Morgan fingerprint density at radius 3 is 2.80 bits per heavy atom. The molecule has 0 unspecified atom stereocenters. The summed E-state index contributed by atoms with van der Waals surface area (Å²) in [5.41, 5.74) is 10.9. The van der Waals surface area contributed by atoms with E-state index in [1.165, 1.54) is 21.2 Å². The molecule has 3 heterocycles. The van der Waals surface area contributed by atoms with Gasteiger partial charge in [0.2, 0.25) is 5.95 Å². The predicted molar refractivity (Wildman–Crippen MR) is 141 cm³/mol. The molecule has 0 atom stereocenters. The molecule has 0 aliphatic carbocycles. The Kier molecular flexibility index (Phi) is 7.03. The number of amides is 1. The molecule has 2 aromatic carbocycles. The van der Waals surface area contributed by atoms with Gasteiger partial charge in [0.1, 0.15) is 0 Å². The number of rotatable bonds is 7. The van der Waals surface area contributed by atoms with Gasteiger partial charge >= 0.3 is 0 Å². The van der Waals surface area contributed by atoms with Crippen LogP contribution in [0.1, 0.15) is 27.0 Å². The number of anilines is 1. The SMILES string of the molecule is Cc1c(-c2ccnc(N)n2)sc2ccc(Cc3cccc(C(=O)NCCN4CCOCC4)c3)cc12. The number of aromatic nitrogens is 2. The molecule has 7 nitrogen and oxygen atoms in total. The zero-order valence-electron chi connectivity index (χ0n) is 19.8. The van der Waals surface area contributed by atoms with Crippen LogP contribution in [0.25, 0.3) is 20.7 Å². The number of morpholine rings is 1. The summed E-state index contributed by atoms with van der Waals surface area (Å²) in [5.74, 6) is 0.253. The van der Waals surface area contributed by atoms with Gasteiger partial charge in [-0.15, -0.1) is 11.3 Å². The second kappa shape index (κ2) is 10.5. The van der Waals surface area contributed by atoms with Crippen molar-refractivity contribution in [3.8, 4) is 10.6 Å². The molecule has 3 N–H and O–H groups in total. The average molecular weight is 488 g/mol. The summed E-state index contributed by atoms with van der Waals surface area (Å²) in [6, 6.07) is 16.4. The Balaban J connectivity index is 1.27. The van der Waals surface area contributed by atoms with Crippen molar-refractivity contribution in [2.45, 2.75) is 13.3 Å². The molecule has 1 aliphatic heterocycles. The van der Waals surface area contributed by atoms with Gasteiger partial charge in [-0.05, 0) is 65.8 Å². The normalized spacial score (nSPS) is 14.3. The standard InChI is InChI=1S/C27H29N5O2S/c1-18-22-17-20(5-6-24(22)35-25(18)23-7-8-30-27(28)31-23)15-19-3-2-4-21(16-19)26(33)29-9-10-32-11-13-34-14-12-32/h2-8,16-17H,9-15H2,1H3,(H,29,33)(H2,28,30,31). The van der Waals surface area contributed by atoms with Crippen LogP contribution in [0.4, 0.5) is 5.95 Å². The summed E-state index contributed by atoms with van der Waals surface area (Å²) in [4.78, 5) is 24.5. The maximum absolute atomic E-state index is 12.7. The van der Waals surface area contributed by atoms with E-state index < -0.39 is 0 Å². The molecular weight excluding hydrogens is 458 g/mol. The first-order chi connectivity index (χ1) is 17.1. The Bertz CT molecular complexity index is 1350. The second-order valence-electron chi connectivity index (χ2n) is 8.77. The molecule has 1 amide bonds. The van der Waals surface area contributed by atoms with E-state index in [9.17, 15) is 4.79 Å². The lowest BCUT2D eigenvalue weighted by molar-refractivity contribution is 0.0383. The molecule has 0 bridgehead atoms. The number of fused-ring (bicyclic) bond motifs is 1. The predicted octanol–water partition coefficient (Wildman–Crippen LogP) is 3.90. The van der Waals surface area contributed by atoms with E-state index in [1.54, 1.807) is 17.5 Å². The summed E-state index contributed by atoms with van der Waals surface area (Å²) in [7, 11) is 0. The summed E-state index contributed by atoms with van der Waals surface area (Å²) < 4.78 is 6.59. The molecule has 0 spiro atoms. The third-order valence-electron chi connectivity index (χ3n) is 6.32. The van der Waals surface area contributed by atoms with Crippen molar-refractivity contribution in [2.24, 2.45) is 0 Å². The molecule has 2 aromatic heterocycles. The van der Waals surface area contributed by atoms with E-state index in [4.69, 9.17) is 10.5 Å². The van der Waals surface area contributed by atoms with Crippen LogP contribution in [-0.4, -0.2) is 60.2 Å². The molecule has 1 fully saturated rings. The van der Waals surface area contributed by atoms with Gasteiger partial charge in [-0.3, -0.25) is 9.69 Å². The number of nitrogen functional groups attached to an aromatic ring is 1. The van der Waals surface area contributed by atoms with Crippen LogP contribution in [0.5, 0.6) is 0 Å². The van der Waals surface area contributed by atoms with Gasteiger partial charge in [0.05, 0.1) is 23.8 Å². The molecule has 0 radical (unpaired) electrons. The fourth-order valence-corrected chi connectivity index (χ4v) is 5.59. The van der Waals surface area contributed by atoms with Crippen LogP contribution in [0.2, 0.25) is 0 Å². The minimum Gasteiger partial charge on any atom is -0.379 e. The Labute approximate surface area is 209 Å². The molecule has 180 valence electrons. The third-order valence-corrected chi connectivity index (χ3v) is 7.62. The van der Waals surface area contributed by atoms with Gasteiger partial charge in [-0.25, -0.2) is 9.97 Å². The molecular formula is C27H29N5O2S. The maximum atomic E-state index is 12.7. The quantitative estimate of drug-likeness (QED) is 0.411. The number of benzene rings is 2. The summed E-state index contributed by atoms with van der Waals surface area (Å²) in [5, 5.41) is 4.27. The first kappa shape index (κ1) is 23.4. The number of ether oxygens (including phenoxy) is 1. The molecule has 5 rings (SSSR count). The van der Waals surface area contributed by atoms with Crippen LogP contribution in [0.3, 0.4) is 0 Å². The number of nitrogens with one attached hydrogen (secondary N) is 1. The fraction of sp³-hybridized carbons (Fsp3) is 0.296. The van der Waals surface area contributed by atoms with E-state index in [-0.39, 0.29) is 11.9 Å². The van der Waals surface area contributed by atoms with Gasteiger partial charge < -0.3 is 15.8 Å². The van der Waals surface area contributed by atoms with Crippen molar-refractivity contribution in [3.05, 3.63) is 77.0 Å². The van der Waals surface area contributed by atoms with Crippen LogP contribution in [0, 0.1) is 6.92 Å². The topological polar surface area (TPSA) is 93.4 Å². The largest absolute Gasteiger partial charge is 0.379 e. The minimum absolute atomic E-state index is 0.0296. The first-order valence-corrected chi connectivity index (χ1v) is 12.7. The van der Waals surface area contributed by atoms with Crippen molar-refractivity contribution in [1.29, 1.82) is 0 Å². The first-order valence-electron chi connectivity index (χ1n) is 11.8. The highest BCUT2D eigenvalue weighted by molar-refractivity contribution is 7.22. The number of carbonyl (C=O) groups excluding carboxylic acids is 1. The monoisotopic (exact) mass is 487 g/mol. The molecule has 1 saturated heterocycles. The lowest BCUT2D eigenvalue weighted by Crippen LogP contribution is -2.41. The number of thiophene rings is 1. The minimum atomic E-state index is -0.0296. The van der Waals surface area contributed by atoms with Gasteiger partial charge in [0, 0.05) is 42.6 Å². The Morgan fingerprint density at radius 1 is 1.14 bits per heavy atom. The van der Waals surface area contributed by atoms with Crippen molar-refractivity contribution in [1.82, 2.24) is 20.2 Å². The maximum Gasteiger partial charge on any atom is 0.251 e. The number of nitrogens with zero attached hydrogens (tertiary/aromatic N) is 3. The van der Waals surface area contributed by atoms with Crippen LogP contribution < -0.4 is 11.1 Å². The van der Waals surface area contributed by atoms with E-state index >= 15 is 0 Å². The van der Waals surface area contributed by atoms with Gasteiger partial charge in [0.15, 0.2) is 0 Å². The molecule has 35 heavy (non-hydrogen) atoms. The van der Waals surface area contributed by atoms with Gasteiger partial charge in [-0.2, -0.15) is 0 Å². The number of nitrogens with two attached hydrogens (primary N) is 1. The highest BCUT2D eigenvalue weighted by Crippen LogP contribution is 2.38. The van der Waals surface area contributed by atoms with E-state index in [0.29, 0.717) is 12.1 Å². The second-order valence-corrected chi connectivity index (χ2v) is 9.83. The van der Waals surface area contributed by atoms with Crippen molar-refractivity contribution in [2.75, 3.05) is 45.1 Å². The third kappa shape index (κ3) is 5.51. The number of hydrogen-bond acceptors (Lipinski definition) is 7. The number of aryl methyl sites for hydroxylation is 1. The van der Waals surface area contributed by atoms with Crippen molar-refractivity contribution >= 4 is 33.3 Å². The highest BCUT2D eigenvalue weighted by Gasteiger charge is 2.14. The average Bonchev–Trinajstić information content (AvgIpc) is 3.20. The smallest absolute Gasteiger partial charge is 0.251 e. The van der Waals surface area contributed by atoms with Gasteiger partial charge in [0.25, 0.3) is 5.91 Å². The molecule has 4 aromatic rings. The van der Waals surface area contributed by atoms with Crippen molar-refractivity contribution in [3.63, 3.8) is 0 Å². The zero-order valence-corrected chi connectivity index (χ0v) is 20.6. The van der Waals surface area contributed by atoms with Crippen LogP contribution in [-0.2, 0) is 11.2 Å². The van der Waals surface area contributed by atoms with Crippen LogP contribution in [0.15, 0.2) is 54.7 Å². The Hall–Kier alpha value is -3.33. The van der Waals surface area contributed by atoms with E-state index in [0.717, 1.165) is 55.4 Å². The summed E-state index contributed by atoms with van der Waals surface area (Å²) >= 11 is 1.72. The highest BCUT2D eigenvalue weighted by atomic mass is 32.1. The van der Waals surface area contributed by atoms with E-state index in [1.807, 2.05) is 24.3 Å². The Morgan fingerprint density at radius 2 is 1.97 bits per heavy atom. The zero-order chi connectivity index (χ0) is 24.2. The van der Waals surface area contributed by atoms with E-state index in [2.05, 4.69) is 51.4 Å². The lowest BCUT2D eigenvalue weighted by atomic mass is 10.0. The number of hydrogen-bond donors (Lipinski definition) is 2. The van der Waals surface area contributed by atoms with Gasteiger partial charge in [-0.1, -0.05) is 18.2 Å². The molecule has 8 heteroatoms. The van der Waals surface area contributed by atoms with Crippen LogP contribution >= 0.6 is 11.3 Å². The fourth-order valence-electron chi connectivity index (χ4n) is 4.44.